The van der Waals surface area contributed by atoms with Gasteiger partial charge in [0.1, 0.15) is 10.8 Å². The van der Waals surface area contributed by atoms with Gasteiger partial charge < -0.3 is 15.2 Å². The Balaban J connectivity index is 1.89. The lowest BCUT2D eigenvalue weighted by molar-refractivity contribution is -0.0447. The van der Waals surface area contributed by atoms with E-state index in [0.29, 0.717) is 18.8 Å². The van der Waals surface area contributed by atoms with Crippen LogP contribution < -0.4 is 5.73 Å². The topological polar surface area (TPSA) is 44.5 Å². The molecule has 1 aliphatic heterocycles. The van der Waals surface area contributed by atoms with E-state index >= 15 is 0 Å². The summed E-state index contributed by atoms with van der Waals surface area (Å²) in [5.74, 6) is -0.345. The molecule has 104 valence electrons. The third kappa shape index (κ3) is 4.23. The molecule has 0 bridgehead atoms. The van der Waals surface area contributed by atoms with Crippen LogP contribution >= 0.6 is 12.2 Å². The van der Waals surface area contributed by atoms with Crippen LogP contribution in [-0.4, -0.2) is 24.3 Å². The van der Waals surface area contributed by atoms with Gasteiger partial charge in [-0.05, 0) is 37.0 Å². The maximum atomic E-state index is 13.1. The quantitative estimate of drug-likeness (QED) is 0.844. The second-order valence-corrected chi connectivity index (χ2v) is 5.11. The summed E-state index contributed by atoms with van der Waals surface area (Å²) in [6.07, 6.45) is 3.51. The van der Waals surface area contributed by atoms with Gasteiger partial charge >= 0.3 is 0 Å². The average molecular weight is 283 g/mol. The summed E-state index contributed by atoms with van der Waals surface area (Å²) in [6, 6.07) is 4.39. The molecule has 2 N–H and O–H groups in total. The summed E-state index contributed by atoms with van der Waals surface area (Å²) < 4.78 is 24.3. The lowest BCUT2D eigenvalue weighted by atomic mass is 10.1. The fourth-order valence-electron chi connectivity index (χ4n) is 2.14. The predicted molar refractivity (Wildman–Crippen MR) is 75.5 cm³/mol. The smallest absolute Gasteiger partial charge is 0.123 e. The minimum Gasteiger partial charge on any atom is -0.389 e. The zero-order chi connectivity index (χ0) is 13.7. The molecule has 1 aliphatic rings. The van der Waals surface area contributed by atoms with Crippen molar-refractivity contribution in [2.75, 3.05) is 13.2 Å². The van der Waals surface area contributed by atoms with Gasteiger partial charge in [-0.1, -0.05) is 18.3 Å². The monoisotopic (exact) mass is 283 g/mol. The molecule has 1 aromatic rings. The Morgan fingerprint density at radius 1 is 1.47 bits per heavy atom. The van der Waals surface area contributed by atoms with Crippen LogP contribution in [0.25, 0.3) is 0 Å². The minimum atomic E-state index is -0.345. The van der Waals surface area contributed by atoms with Gasteiger partial charge in [-0.25, -0.2) is 4.39 Å². The average Bonchev–Trinajstić information content (AvgIpc) is 2.41. The van der Waals surface area contributed by atoms with Gasteiger partial charge in [-0.15, -0.1) is 0 Å². The molecule has 2 rings (SSSR count). The van der Waals surface area contributed by atoms with Gasteiger partial charge in [0.2, 0.25) is 0 Å². The van der Waals surface area contributed by atoms with Crippen molar-refractivity contribution in [1.29, 1.82) is 0 Å². The van der Waals surface area contributed by atoms with Crippen molar-refractivity contribution in [3.8, 4) is 0 Å². The van der Waals surface area contributed by atoms with E-state index in [2.05, 4.69) is 0 Å². The lowest BCUT2D eigenvalue weighted by Crippen LogP contribution is -2.24. The van der Waals surface area contributed by atoms with Crippen molar-refractivity contribution in [3.63, 3.8) is 0 Å². The van der Waals surface area contributed by atoms with Crippen molar-refractivity contribution >= 4 is 17.2 Å². The molecule has 0 amide bonds. The van der Waals surface area contributed by atoms with Gasteiger partial charge in [0.15, 0.2) is 0 Å². The molecule has 1 fully saturated rings. The number of nitrogens with two attached hydrogens (primary N) is 1. The van der Waals surface area contributed by atoms with Crippen molar-refractivity contribution in [2.45, 2.75) is 32.0 Å². The Morgan fingerprint density at radius 2 is 2.32 bits per heavy atom. The number of hydrogen-bond donors (Lipinski definition) is 1. The highest BCUT2D eigenvalue weighted by Crippen LogP contribution is 2.16. The van der Waals surface area contributed by atoms with Gasteiger partial charge in [-0.2, -0.15) is 0 Å². The maximum Gasteiger partial charge on any atom is 0.123 e. The van der Waals surface area contributed by atoms with Crippen molar-refractivity contribution in [1.82, 2.24) is 0 Å². The van der Waals surface area contributed by atoms with Crippen molar-refractivity contribution < 1.29 is 13.9 Å². The molecule has 0 saturated carbocycles. The maximum absolute atomic E-state index is 13.1. The molecule has 5 heteroatoms. The number of ether oxygens (including phenoxy) is 2. The van der Waals surface area contributed by atoms with Crippen LogP contribution in [0.5, 0.6) is 0 Å². The van der Waals surface area contributed by atoms with E-state index in [-0.39, 0.29) is 16.9 Å². The largest absolute Gasteiger partial charge is 0.389 e. The SMILES string of the molecule is NC(=S)c1cc(F)ccc1COCC1CCCCO1. The van der Waals surface area contributed by atoms with E-state index in [1.807, 2.05) is 0 Å². The molecule has 1 heterocycles. The third-order valence-corrected chi connectivity index (χ3v) is 3.39. The summed E-state index contributed by atoms with van der Waals surface area (Å²) in [6.45, 7) is 1.73. The lowest BCUT2D eigenvalue weighted by Gasteiger charge is -2.22. The first kappa shape index (κ1) is 14.4. The molecule has 0 spiro atoms. The number of thiocarbonyl (C=S) groups is 1. The first-order valence-corrected chi connectivity index (χ1v) is 6.85. The number of benzene rings is 1. The first-order valence-electron chi connectivity index (χ1n) is 6.44. The molecular weight excluding hydrogens is 265 g/mol. The highest BCUT2D eigenvalue weighted by molar-refractivity contribution is 7.80. The highest BCUT2D eigenvalue weighted by atomic mass is 32.1. The van der Waals surface area contributed by atoms with Crippen LogP contribution in [-0.2, 0) is 16.1 Å². The normalized spacial score (nSPS) is 19.3. The number of rotatable bonds is 5. The van der Waals surface area contributed by atoms with Crippen LogP contribution in [0.1, 0.15) is 30.4 Å². The standard InChI is InChI=1S/C14H18FNO2S/c15-11-5-4-10(13(7-11)14(16)19)8-17-9-12-3-1-2-6-18-12/h4-5,7,12H,1-3,6,8-9H2,(H2,16,19). The fourth-order valence-corrected chi connectivity index (χ4v) is 2.33. The Labute approximate surface area is 117 Å². The van der Waals surface area contributed by atoms with Crippen LogP contribution in [0.15, 0.2) is 18.2 Å². The third-order valence-electron chi connectivity index (χ3n) is 3.17. The van der Waals surface area contributed by atoms with E-state index in [1.165, 1.54) is 18.6 Å². The van der Waals surface area contributed by atoms with Crippen LogP contribution in [0, 0.1) is 5.82 Å². The van der Waals surface area contributed by atoms with Crippen molar-refractivity contribution in [3.05, 3.63) is 35.1 Å². The van der Waals surface area contributed by atoms with Gasteiger partial charge in [-0.3, -0.25) is 0 Å². The van der Waals surface area contributed by atoms with Gasteiger partial charge in [0.25, 0.3) is 0 Å². The minimum absolute atomic E-state index is 0.169. The molecule has 1 atom stereocenters. The predicted octanol–water partition coefficient (Wildman–Crippen LogP) is 2.55. The van der Waals surface area contributed by atoms with E-state index in [0.717, 1.165) is 25.0 Å². The molecule has 0 radical (unpaired) electrons. The molecule has 19 heavy (non-hydrogen) atoms. The van der Waals surface area contributed by atoms with Crippen molar-refractivity contribution in [2.24, 2.45) is 5.73 Å². The Bertz CT molecular complexity index is 447. The molecule has 1 aromatic carbocycles. The summed E-state index contributed by atoms with van der Waals surface area (Å²) in [5.41, 5.74) is 6.93. The Kier molecular flexibility index (Phi) is 5.24. The van der Waals surface area contributed by atoms with E-state index < -0.39 is 0 Å². The zero-order valence-corrected chi connectivity index (χ0v) is 11.5. The second kappa shape index (κ2) is 6.93. The number of halogens is 1. The molecule has 1 unspecified atom stereocenters. The van der Waals surface area contributed by atoms with Crippen LogP contribution in [0.4, 0.5) is 4.39 Å². The summed E-state index contributed by atoms with van der Waals surface area (Å²) in [4.78, 5) is 0.187. The first-order chi connectivity index (χ1) is 9.16. The highest BCUT2D eigenvalue weighted by Gasteiger charge is 2.14. The summed E-state index contributed by atoms with van der Waals surface area (Å²) in [7, 11) is 0. The molecule has 0 aliphatic carbocycles. The fraction of sp³-hybridized carbons (Fsp3) is 0.500. The molecular formula is C14H18FNO2S. The molecule has 3 nitrogen and oxygen atoms in total. The zero-order valence-electron chi connectivity index (χ0n) is 10.7. The molecule has 1 saturated heterocycles. The summed E-state index contributed by atoms with van der Waals surface area (Å²) >= 11 is 4.92. The van der Waals surface area contributed by atoms with Crippen LogP contribution in [0.2, 0.25) is 0 Å². The Hall–Kier alpha value is -1.04. The van der Waals surface area contributed by atoms with E-state index in [9.17, 15) is 4.39 Å². The number of hydrogen-bond acceptors (Lipinski definition) is 3. The van der Waals surface area contributed by atoms with Gasteiger partial charge in [0.05, 0.1) is 19.3 Å². The second-order valence-electron chi connectivity index (χ2n) is 4.67. The Morgan fingerprint density at radius 3 is 3.00 bits per heavy atom. The summed E-state index contributed by atoms with van der Waals surface area (Å²) in [5, 5.41) is 0. The molecule has 0 aromatic heterocycles. The van der Waals surface area contributed by atoms with E-state index in [4.69, 9.17) is 27.4 Å². The van der Waals surface area contributed by atoms with Crippen LogP contribution in [0.3, 0.4) is 0 Å². The van der Waals surface area contributed by atoms with E-state index in [1.54, 1.807) is 6.07 Å². The van der Waals surface area contributed by atoms with Gasteiger partial charge in [0, 0.05) is 12.2 Å².